The molecule has 1 aromatic heterocycles. The summed E-state index contributed by atoms with van der Waals surface area (Å²) in [6.45, 7) is 0.857. The summed E-state index contributed by atoms with van der Waals surface area (Å²) < 4.78 is 0. The van der Waals surface area contributed by atoms with E-state index in [-0.39, 0.29) is 0 Å². The average Bonchev–Trinajstić information content (AvgIpc) is 2.23. The molecule has 3 heteroatoms. The maximum absolute atomic E-state index is 4.38. The molecule has 0 radical (unpaired) electrons. The number of pyridine rings is 1. The molecule has 0 fully saturated rings. The highest BCUT2D eigenvalue weighted by Crippen LogP contribution is 2.22. The van der Waals surface area contributed by atoms with Crippen molar-refractivity contribution in [3.63, 3.8) is 0 Å². The van der Waals surface area contributed by atoms with Gasteiger partial charge in [-0.2, -0.15) is 0 Å². The number of fused-ring (bicyclic) bond motifs is 1. The van der Waals surface area contributed by atoms with Crippen LogP contribution in [0.4, 0.5) is 0 Å². The molecule has 0 aliphatic heterocycles. The first-order valence-corrected chi connectivity index (χ1v) is 4.98. The van der Waals surface area contributed by atoms with E-state index in [0.717, 1.165) is 17.0 Å². The van der Waals surface area contributed by atoms with E-state index < -0.39 is 0 Å². The first-order chi connectivity index (χ1) is 6.83. The molecular formula is C11H12N2S. The Morgan fingerprint density at radius 3 is 3.00 bits per heavy atom. The van der Waals surface area contributed by atoms with E-state index in [9.17, 15) is 0 Å². The van der Waals surface area contributed by atoms with Gasteiger partial charge in [0.2, 0.25) is 0 Å². The summed E-state index contributed by atoms with van der Waals surface area (Å²) in [5.74, 6) is 0. The lowest BCUT2D eigenvalue weighted by Gasteiger charge is -2.06. The molecule has 0 saturated heterocycles. The van der Waals surface area contributed by atoms with Crippen molar-refractivity contribution in [3.8, 4) is 0 Å². The van der Waals surface area contributed by atoms with Crippen LogP contribution in [-0.4, -0.2) is 12.0 Å². The van der Waals surface area contributed by atoms with Crippen molar-refractivity contribution in [1.82, 2.24) is 10.3 Å². The largest absolute Gasteiger partial charge is 0.316 e. The number of rotatable bonds is 2. The molecule has 0 aliphatic rings. The Morgan fingerprint density at radius 1 is 1.36 bits per heavy atom. The number of aromatic nitrogens is 1. The van der Waals surface area contributed by atoms with Crippen LogP contribution in [0.5, 0.6) is 0 Å². The topological polar surface area (TPSA) is 24.9 Å². The molecule has 0 saturated carbocycles. The van der Waals surface area contributed by atoms with Crippen LogP contribution in [-0.2, 0) is 6.54 Å². The molecule has 2 rings (SSSR count). The van der Waals surface area contributed by atoms with Gasteiger partial charge in [0.1, 0.15) is 0 Å². The Morgan fingerprint density at radius 2 is 2.21 bits per heavy atom. The maximum atomic E-state index is 4.38. The van der Waals surface area contributed by atoms with E-state index in [1.807, 2.05) is 19.2 Å². The Bertz CT molecular complexity index is 454. The zero-order valence-electron chi connectivity index (χ0n) is 7.99. The fraction of sp³-hybridized carbons (Fsp3) is 0.182. The first kappa shape index (κ1) is 9.49. The molecule has 0 unspecified atom stereocenters. The summed E-state index contributed by atoms with van der Waals surface area (Å²) in [6.07, 6.45) is 1.80. The molecular weight excluding hydrogens is 192 g/mol. The number of hydrogen-bond acceptors (Lipinski definition) is 3. The van der Waals surface area contributed by atoms with Gasteiger partial charge in [0, 0.05) is 23.0 Å². The fourth-order valence-corrected chi connectivity index (χ4v) is 1.81. The number of nitrogens with zero attached hydrogens (tertiary/aromatic N) is 1. The Hall–Kier alpha value is -1.06. The minimum Gasteiger partial charge on any atom is -0.316 e. The Kier molecular flexibility index (Phi) is 2.70. The van der Waals surface area contributed by atoms with Gasteiger partial charge in [-0.15, -0.1) is 12.6 Å². The van der Waals surface area contributed by atoms with E-state index in [0.29, 0.717) is 0 Å². The number of benzene rings is 1. The van der Waals surface area contributed by atoms with Gasteiger partial charge >= 0.3 is 0 Å². The minimum absolute atomic E-state index is 0.857. The van der Waals surface area contributed by atoms with E-state index >= 15 is 0 Å². The monoisotopic (exact) mass is 204 g/mol. The van der Waals surface area contributed by atoms with Crippen LogP contribution < -0.4 is 5.32 Å². The van der Waals surface area contributed by atoms with Crippen LogP contribution in [0.1, 0.15) is 5.56 Å². The molecule has 0 bridgehead atoms. The summed E-state index contributed by atoms with van der Waals surface area (Å²) in [7, 11) is 1.94. The molecule has 0 spiro atoms. The van der Waals surface area contributed by atoms with Crippen LogP contribution in [0, 0.1) is 0 Å². The summed E-state index contributed by atoms with van der Waals surface area (Å²) in [4.78, 5) is 5.25. The van der Waals surface area contributed by atoms with Crippen molar-refractivity contribution in [2.75, 3.05) is 7.05 Å². The van der Waals surface area contributed by atoms with Gasteiger partial charge < -0.3 is 5.32 Å². The second kappa shape index (κ2) is 3.98. The van der Waals surface area contributed by atoms with Gasteiger partial charge in [0.25, 0.3) is 0 Å². The number of thiol groups is 1. The Balaban J connectivity index is 2.68. The highest BCUT2D eigenvalue weighted by Gasteiger charge is 2.03. The van der Waals surface area contributed by atoms with Crippen molar-refractivity contribution < 1.29 is 0 Å². The zero-order valence-corrected chi connectivity index (χ0v) is 8.88. The maximum Gasteiger partial charge on any atom is 0.0838 e. The van der Waals surface area contributed by atoms with Gasteiger partial charge in [-0.05, 0) is 24.7 Å². The summed E-state index contributed by atoms with van der Waals surface area (Å²) >= 11 is 4.38. The number of hydrogen-bond donors (Lipinski definition) is 2. The minimum atomic E-state index is 0.857. The SMILES string of the molecule is CNCc1ccc(S)c2ncccc12. The predicted molar refractivity (Wildman–Crippen MR) is 61.8 cm³/mol. The molecule has 0 aliphatic carbocycles. The van der Waals surface area contributed by atoms with E-state index in [2.05, 4.69) is 35.1 Å². The van der Waals surface area contributed by atoms with Gasteiger partial charge in [-0.3, -0.25) is 4.98 Å². The molecule has 2 aromatic rings. The predicted octanol–water partition coefficient (Wildman–Crippen LogP) is 2.24. The third kappa shape index (κ3) is 1.61. The van der Waals surface area contributed by atoms with Gasteiger partial charge in [-0.1, -0.05) is 12.1 Å². The zero-order chi connectivity index (χ0) is 9.97. The molecule has 2 nitrogen and oxygen atoms in total. The Labute approximate surface area is 88.8 Å². The highest BCUT2D eigenvalue weighted by molar-refractivity contribution is 7.80. The van der Waals surface area contributed by atoms with Crippen molar-refractivity contribution in [1.29, 1.82) is 0 Å². The number of nitrogens with one attached hydrogen (secondary N) is 1. The highest BCUT2D eigenvalue weighted by atomic mass is 32.1. The van der Waals surface area contributed by atoms with Crippen molar-refractivity contribution in [3.05, 3.63) is 36.0 Å². The lowest BCUT2D eigenvalue weighted by molar-refractivity contribution is 0.823. The van der Waals surface area contributed by atoms with Crippen molar-refractivity contribution >= 4 is 23.5 Å². The fourth-order valence-electron chi connectivity index (χ4n) is 1.56. The van der Waals surface area contributed by atoms with Crippen LogP contribution in [0.25, 0.3) is 10.9 Å². The van der Waals surface area contributed by atoms with Crippen molar-refractivity contribution in [2.45, 2.75) is 11.4 Å². The third-order valence-electron chi connectivity index (χ3n) is 2.21. The molecule has 72 valence electrons. The third-order valence-corrected chi connectivity index (χ3v) is 2.57. The van der Waals surface area contributed by atoms with E-state index in [1.165, 1.54) is 10.9 Å². The normalized spacial score (nSPS) is 10.7. The van der Waals surface area contributed by atoms with Gasteiger partial charge in [0.05, 0.1) is 5.52 Å². The molecule has 1 heterocycles. The average molecular weight is 204 g/mol. The van der Waals surface area contributed by atoms with Gasteiger partial charge in [-0.25, -0.2) is 0 Å². The van der Waals surface area contributed by atoms with E-state index in [1.54, 1.807) is 6.20 Å². The summed E-state index contributed by atoms with van der Waals surface area (Å²) in [6, 6.07) is 8.11. The van der Waals surface area contributed by atoms with Crippen molar-refractivity contribution in [2.24, 2.45) is 0 Å². The van der Waals surface area contributed by atoms with Crippen LogP contribution in [0.2, 0.25) is 0 Å². The standard InChI is InChI=1S/C11H12N2S/c1-12-7-8-4-5-10(14)11-9(8)3-2-6-13-11/h2-6,12,14H,7H2,1H3. The molecule has 0 atom stereocenters. The van der Waals surface area contributed by atoms with Gasteiger partial charge in [0.15, 0.2) is 0 Å². The molecule has 1 N–H and O–H groups in total. The first-order valence-electron chi connectivity index (χ1n) is 4.53. The van der Waals surface area contributed by atoms with Crippen LogP contribution in [0.15, 0.2) is 35.4 Å². The van der Waals surface area contributed by atoms with Crippen LogP contribution in [0.3, 0.4) is 0 Å². The van der Waals surface area contributed by atoms with E-state index in [4.69, 9.17) is 0 Å². The lowest BCUT2D eigenvalue weighted by Crippen LogP contribution is -2.05. The molecule has 1 aromatic carbocycles. The summed E-state index contributed by atoms with van der Waals surface area (Å²) in [5.41, 5.74) is 2.23. The second-order valence-corrected chi connectivity index (χ2v) is 3.66. The second-order valence-electron chi connectivity index (χ2n) is 3.17. The lowest BCUT2D eigenvalue weighted by atomic mass is 10.1. The molecule has 0 amide bonds. The van der Waals surface area contributed by atoms with Crippen LogP contribution >= 0.6 is 12.6 Å². The quantitative estimate of drug-likeness (QED) is 0.733. The smallest absolute Gasteiger partial charge is 0.0838 e. The molecule has 14 heavy (non-hydrogen) atoms. The summed E-state index contributed by atoms with van der Waals surface area (Å²) in [5, 5.41) is 4.32.